The first-order valence-electron chi connectivity index (χ1n) is 11.3. The molecule has 0 aliphatic carbocycles. The summed E-state index contributed by atoms with van der Waals surface area (Å²) in [4.78, 5) is 22.6. The average molecular weight is 399 g/mol. The molecule has 1 N–H and O–H groups in total. The third-order valence-corrected chi connectivity index (χ3v) is 4.91. The summed E-state index contributed by atoms with van der Waals surface area (Å²) >= 11 is 0. The Labute approximate surface area is 172 Å². The van der Waals surface area contributed by atoms with Gasteiger partial charge in [-0.15, -0.1) is 0 Å². The molecule has 0 spiro atoms. The lowest BCUT2D eigenvalue weighted by atomic mass is 10.1. The van der Waals surface area contributed by atoms with E-state index >= 15 is 0 Å². The van der Waals surface area contributed by atoms with E-state index in [1.165, 1.54) is 70.6 Å². The van der Waals surface area contributed by atoms with Crippen LogP contribution in [0, 0.1) is 0 Å². The molecule has 28 heavy (non-hydrogen) atoms. The second-order valence-corrected chi connectivity index (χ2v) is 8.29. The normalized spacial score (nSPS) is 11.8. The van der Waals surface area contributed by atoms with Gasteiger partial charge in [0, 0.05) is 0 Å². The van der Waals surface area contributed by atoms with E-state index in [0.717, 1.165) is 19.3 Å². The minimum absolute atomic E-state index is 0.258. The zero-order chi connectivity index (χ0) is 21.1. The van der Waals surface area contributed by atoms with E-state index in [1.54, 1.807) is 14.1 Å². The number of hydrogen-bond donors (Lipinski definition) is 1. The molecule has 0 saturated heterocycles. The molecule has 164 valence electrons. The molecule has 0 bridgehead atoms. The summed E-state index contributed by atoms with van der Waals surface area (Å²) in [5, 5.41) is 8.79. The lowest BCUT2D eigenvalue weighted by Crippen LogP contribution is -2.49. The Balaban J connectivity index is 3.39. The molecule has 5 nitrogen and oxygen atoms in total. The van der Waals surface area contributed by atoms with Crippen molar-refractivity contribution in [2.24, 2.45) is 0 Å². The maximum atomic E-state index is 11.8. The van der Waals surface area contributed by atoms with Gasteiger partial charge in [0.1, 0.15) is 0 Å². The molecule has 0 aliphatic rings. The number of aliphatic carboxylic acids is 1. The van der Waals surface area contributed by atoms with Gasteiger partial charge in [0.2, 0.25) is 0 Å². The second-order valence-electron chi connectivity index (χ2n) is 8.29. The highest BCUT2D eigenvalue weighted by molar-refractivity contribution is 5.71. The van der Waals surface area contributed by atoms with E-state index < -0.39 is 12.1 Å². The highest BCUT2D eigenvalue weighted by Gasteiger charge is 2.31. The van der Waals surface area contributed by atoms with Crippen LogP contribution in [0.4, 0.5) is 4.79 Å². The van der Waals surface area contributed by atoms with Gasteiger partial charge in [-0.3, -0.25) is 0 Å². The fourth-order valence-corrected chi connectivity index (χ4v) is 3.09. The van der Waals surface area contributed by atoms with Crippen LogP contribution in [0.25, 0.3) is 0 Å². The number of allylic oxidation sites excluding steroid dienone is 2. The molecule has 5 heteroatoms. The SMILES string of the molecule is CCCCCCCCC=CCCCCCCCCOC(=O)[N+](C)(C)CC(=O)O. The van der Waals surface area contributed by atoms with Gasteiger partial charge in [0.05, 0.1) is 20.7 Å². The quantitative estimate of drug-likeness (QED) is 0.167. The second kappa shape index (κ2) is 17.7. The Bertz CT molecular complexity index is 432. The first kappa shape index (κ1) is 26.6. The summed E-state index contributed by atoms with van der Waals surface area (Å²) in [7, 11) is 3.11. The number of nitrogens with zero attached hydrogens (tertiary/aromatic N) is 1. The van der Waals surface area contributed by atoms with Crippen molar-refractivity contribution in [2.75, 3.05) is 27.2 Å². The number of carbonyl (C=O) groups excluding carboxylic acids is 1. The van der Waals surface area contributed by atoms with Crippen molar-refractivity contribution >= 4 is 12.1 Å². The summed E-state index contributed by atoms with van der Waals surface area (Å²) in [6.07, 6.45) is 21.6. The van der Waals surface area contributed by atoms with Gasteiger partial charge < -0.3 is 9.84 Å². The van der Waals surface area contributed by atoms with Gasteiger partial charge in [-0.05, 0) is 32.1 Å². The highest BCUT2D eigenvalue weighted by Crippen LogP contribution is 2.10. The molecule has 0 atom stereocenters. The van der Waals surface area contributed by atoms with Crippen molar-refractivity contribution in [1.29, 1.82) is 0 Å². The fourth-order valence-electron chi connectivity index (χ4n) is 3.09. The minimum Gasteiger partial charge on any atom is -0.477 e. The number of carboxylic acid groups (broad SMARTS) is 1. The third-order valence-electron chi connectivity index (χ3n) is 4.91. The number of rotatable bonds is 18. The summed E-state index contributed by atoms with van der Waals surface area (Å²) < 4.78 is 4.91. The van der Waals surface area contributed by atoms with Crippen molar-refractivity contribution in [3.05, 3.63) is 12.2 Å². The molecule has 0 aromatic heterocycles. The van der Waals surface area contributed by atoms with E-state index in [0.29, 0.717) is 6.61 Å². The van der Waals surface area contributed by atoms with Crippen LogP contribution >= 0.6 is 0 Å². The van der Waals surface area contributed by atoms with Gasteiger partial charge in [0.25, 0.3) is 0 Å². The fraction of sp³-hybridized carbons (Fsp3) is 0.826. The highest BCUT2D eigenvalue weighted by atomic mass is 16.6. The number of hydrogen-bond acceptors (Lipinski definition) is 3. The van der Waals surface area contributed by atoms with Crippen LogP contribution in [0.5, 0.6) is 0 Å². The zero-order valence-electron chi connectivity index (χ0n) is 18.6. The van der Waals surface area contributed by atoms with E-state index in [1.807, 2.05) is 0 Å². The molecule has 0 radical (unpaired) electrons. The molecule has 0 rings (SSSR count). The van der Waals surface area contributed by atoms with Crippen LogP contribution < -0.4 is 0 Å². The van der Waals surface area contributed by atoms with Gasteiger partial charge in [-0.1, -0.05) is 76.9 Å². The van der Waals surface area contributed by atoms with Crippen LogP contribution in [-0.2, 0) is 9.53 Å². The predicted octanol–water partition coefficient (Wildman–Crippen LogP) is 6.32. The van der Waals surface area contributed by atoms with Crippen LogP contribution in [-0.4, -0.2) is 48.9 Å². The molecular formula is C23H44NO4+. The van der Waals surface area contributed by atoms with Crippen molar-refractivity contribution < 1.29 is 23.9 Å². The Morgan fingerprint density at radius 1 is 0.786 bits per heavy atom. The largest absolute Gasteiger partial charge is 0.516 e. The Morgan fingerprint density at radius 3 is 1.75 bits per heavy atom. The van der Waals surface area contributed by atoms with Gasteiger partial charge >= 0.3 is 12.1 Å². The van der Waals surface area contributed by atoms with Crippen LogP contribution in [0.3, 0.4) is 0 Å². The molecule has 0 fully saturated rings. The van der Waals surface area contributed by atoms with Crippen molar-refractivity contribution in [3.63, 3.8) is 0 Å². The van der Waals surface area contributed by atoms with E-state index in [-0.39, 0.29) is 11.0 Å². The van der Waals surface area contributed by atoms with Gasteiger partial charge in [0.15, 0.2) is 6.54 Å². The molecule has 0 aromatic rings. The van der Waals surface area contributed by atoms with Crippen LogP contribution in [0.1, 0.15) is 96.8 Å². The standard InChI is InChI=1S/C23H43NO4/c1-4-5-6-7-8-9-10-11-12-13-14-15-16-17-18-19-20-28-23(27)24(2,3)21-22(25)26/h11-12H,4-10,13-21H2,1-3H3/p+1. The smallest absolute Gasteiger partial charge is 0.477 e. The van der Waals surface area contributed by atoms with Gasteiger partial charge in [-0.25, -0.2) is 9.28 Å². The number of carboxylic acids is 1. The van der Waals surface area contributed by atoms with Crippen LogP contribution in [0.2, 0.25) is 0 Å². The predicted molar refractivity (Wildman–Crippen MR) is 115 cm³/mol. The summed E-state index contributed by atoms with van der Waals surface area (Å²) in [6.45, 7) is 2.38. The first-order valence-corrected chi connectivity index (χ1v) is 11.3. The zero-order valence-corrected chi connectivity index (χ0v) is 18.6. The Kier molecular flexibility index (Phi) is 16.9. The maximum absolute atomic E-state index is 11.8. The van der Waals surface area contributed by atoms with E-state index in [4.69, 9.17) is 9.84 Å². The number of amides is 1. The number of likely N-dealkylation sites (N-methyl/N-ethyl adjacent to an activating group) is 1. The van der Waals surface area contributed by atoms with E-state index in [9.17, 15) is 9.59 Å². The molecule has 0 aliphatic heterocycles. The molecule has 0 saturated carbocycles. The Hall–Kier alpha value is -1.36. The number of unbranched alkanes of at least 4 members (excludes halogenated alkanes) is 12. The summed E-state index contributed by atoms with van der Waals surface area (Å²) in [5.74, 6) is -1.00. The molecular weight excluding hydrogens is 354 g/mol. The average Bonchev–Trinajstić information content (AvgIpc) is 2.63. The molecule has 0 aromatic carbocycles. The van der Waals surface area contributed by atoms with Crippen molar-refractivity contribution in [2.45, 2.75) is 96.8 Å². The molecule has 0 heterocycles. The Morgan fingerprint density at radius 2 is 1.25 bits per heavy atom. The number of ether oxygens (including phenoxy) is 1. The monoisotopic (exact) mass is 398 g/mol. The maximum Gasteiger partial charge on any atom is 0.516 e. The van der Waals surface area contributed by atoms with Gasteiger partial charge in [-0.2, -0.15) is 4.79 Å². The topological polar surface area (TPSA) is 63.6 Å². The van der Waals surface area contributed by atoms with Crippen LogP contribution in [0.15, 0.2) is 12.2 Å². The minimum atomic E-state index is -1.00. The summed E-state index contributed by atoms with van der Waals surface area (Å²) in [6, 6.07) is 0. The molecule has 0 unspecified atom stereocenters. The van der Waals surface area contributed by atoms with E-state index in [2.05, 4.69) is 19.1 Å². The summed E-state index contributed by atoms with van der Waals surface area (Å²) in [5.41, 5.74) is 0. The van der Waals surface area contributed by atoms with Crippen molar-refractivity contribution in [1.82, 2.24) is 0 Å². The third kappa shape index (κ3) is 16.8. The lowest BCUT2D eigenvalue weighted by molar-refractivity contribution is -0.809. The number of carbonyl (C=O) groups is 2. The lowest BCUT2D eigenvalue weighted by Gasteiger charge is -2.22. The first-order chi connectivity index (χ1) is 13.4. The van der Waals surface area contributed by atoms with Crippen molar-refractivity contribution in [3.8, 4) is 0 Å². The number of quaternary nitrogens is 1. The molecule has 1 amide bonds.